The summed E-state index contributed by atoms with van der Waals surface area (Å²) in [6.45, 7) is 2.27. The lowest BCUT2D eigenvalue weighted by Crippen LogP contribution is -2.35. The number of nitrogens with one attached hydrogen (secondary N) is 1. The number of rotatable bonds is 7. The molecule has 2 N–H and O–H groups in total. The summed E-state index contributed by atoms with van der Waals surface area (Å²) in [5.74, 6) is 1.07. The maximum atomic E-state index is 9.21. The molecule has 0 spiro atoms. The van der Waals surface area contributed by atoms with Crippen LogP contribution >= 0.6 is 23.1 Å². The molecule has 0 aliphatic rings. The van der Waals surface area contributed by atoms with Gasteiger partial charge in [0.1, 0.15) is 5.01 Å². The maximum Gasteiger partial charge on any atom is 0.109 e. The number of hydrogen-bond acceptors (Lipinski definition) is 5. The van der Waals surface area contributed by atoms with E-state index in [0.717, 1.165) is 17.2 Å². The van der Waals surface area contributed by atoms with Gasteiger partial charge in [0.2, 0.25) is 0 Å². The van der Waals surface area contributed by atoms with Crippen LogP contribution in [0, 0.1) is 0 Å². The first-order chi connectivity index (χ1) is 7.27. The number of aromatic nitrogens is 1. The monoisotopic (exact) mass is 246 g/mol. The topological polar surface area (TPSA) is 45.1 Å². The Balaban J connectivity index is 2.37. The summed E-state index contributed by atoms with van der Waals surface area (Å²) in [6.07, 6.45) is 4.89. The Hall–Kier alpha value is -0.100. The Morgan fingerprint density at radius 3 is 3.00 bits per heavy atom. The highest BCUT2D eigenvalue weighted by Crippen LogP contribution is 2.16. The molecule has 86 valence electrons. The highest BCUT2D eigenvalue weighted by atomic mass is 32.2. The van der Waals surface area contributed by atoms with Crippen molar-refractivity contribution in [3.8, 4) is 0 Å². The second kappa shape index (κ2) is 7.22. The van der Waals surface area contributed by atoms with Crippen molar-refractivity contribution in [2.24, 2.45) is 0 Å². The molecule has 1 heterocycles. The van der Waals surface area contributed by atoms with E-state index in [1.54, 1.807) is 23.1 Å². The van der Waals surface area contributed by atoms with Gasteiger partial charge in [-0.25, -0.2) is 4.98 Å². The molecule has 1 rings (SSSR count). The average Bonchev–Trinajstić information content (AvgIpc) is 2.77. The molecular weight excluding hydrogens is 228 g/mol. The largest absolute Gasteiger partial charge is 0.395 e. The second-order valence-electron chi connectivity index (χ2n) is 3.42. The number of aliphatic hydroxyl groups is 1. The quantitative estimate of drug-likeness (QED) is 0.771. The van der Waals surface area contributed by atoms with E-state index < -0.39 is 0 Å². The summed E-state index contributed by atoms with van der Waals surface area (Å²) in [7, 11) is 0. The maximum absolute atomic E-state index is 9.21. The lowest BCUT2D eigenvalue weighted by Gasteiger charge is -2.19. The Labute approximate surface area is 99.3 Å². The minimum Gasteiger partial charge on any atom is -0.395 e. The Kier molecular flexibility index (Phi) is 6.24. The normalized spacial score (nSPS) is 15.1. The van der Waals surface area contributed by atoms with Crippen molar-refractivity contribution in [2.45, 2.75) is 25.4 Å². The van der Waals surface area contributed by atoms with Crippen molar-refractivity contribution < 1.29 is 5.11 Å². The summed E-state index contributed by atoms with van der Waals surface area (Å²) >= 11 is 3.45. The molecule has 0 aliphatic carbocycles. The van der Waals surface area contributed by atoms with E-state index in [-0.39, 0.29) is 18.7 Å². The van der Waals surface area contributed by atoms with Crippen LogP contribution in [-0.2, 0) is 0 Å². The lowest BCUT2D eigenvalue weighted by atomic mass is 10.2. The van der Waals surface area contributed by atoms with E-state index in [2.05, 4.69) is 23.5 Å². The molecule has 0 bridgehead atoms. The van der Waals surface area contributed by atoms with Gasteiger partial charge in [0.25, 0.3) is 0 Å². The van der Waals surface area contributed by atoms with Crippen molar-refractivity contribution in [1.29, 1.82) is 0 Å². The van der Waals surface area contributed by atoms with E-state index >= 15 is 0 Å². The van der Waals surface area contributed by atoms with Crippen molar-refractivity contribution in [3.05, 3.63) is 16.6 Å². The van der Waals surface area contributed by atoms with Gasteiger partial charge in [0.05, 0.1) is 12.6 Å². The fourth-order valence-corrected chi connectivity index (χ4v) is 2.54. The summed E-state index contributed by atoms with van der Waals surface area (Å²) in [5.41, 5.74) is 0. The van der Waals surface area contributed by atoms with Crippen LogP contribution in [0.4, 0.5) is 0 Å². The molecule has 5 heteroatoms. The first-order valence-electron chi connectivity index (χ1n) is 5.03. The Bertz CT molecular complexity index is 254. The van der Waals surface area contributed by atoms with Crippen LogP contribution in [0.3, 0.4) is 0 Å². The summed E-state index contributed by atoms with van der Waals surface area (Å²) in [6, 6.07) is 0.403. The fourth-order valence-electron chi connectivity index (χ4n) is 1.36. The van der Waals surface area contributed by atoms with E-state index in [0.29, 0.717) is 0 Å². The number of thiazole rings is 1. The fraction of sp³-hybridized carbons (Fsp3) is 0.700. The third-order valence-corrected chi connectivity index (χ3v) is 3.80. The minimum absolute atomic E-state index is 0.177. The van der Waals surface area contributed by atoms with Crippen LogP contribution in [0.1, 0.15) is 24.4 Å². The van der Waals surface area contributed by atoms with Gasteiger partial charge >= 0.3 is 0 Å². The van der Waals surface area contributed by atoms with Gasteiger partial charge in [-0.15, -0.1) is 11.3 Å². The van der Waals surface area contributed by atoms with Crippen LogP contribution in [0.15, 0.2) is 11.6 Å². The highest BCUT2D eigenvalue weighted by Gasteiger charge is 2.13. The third kappa shape index (κ3) is 4.51. The zero-order valence-corrected chi connectivity index (χ0v) is 10.8. The highest BCUT2D eigenvalue weighted by molar-refractivity contribution is 7.98. The van der Waals surface area contributed by atoms with E-state index in [4.69, 9.17) is 0 Å². The van der Waals surface area contributed by atoms with Gasteiger partial charge in [0.15, 0.2) is 0 Å². The molecule has 0 amide bonds. The summed E-state index contributed by atoms with van der Waals surface area (Å²) in [5, 5.41) is 15.7. The molecule has 2 unspecified atom stereocenters. The predicted molar refractivity (Wildman–Crippen MR) is 67.5 cm³/mol. The molecule has 0 saturated heterocycles. The molecule has 1 aromatic rings. The second-order valence-corrected chi connectivity index (χ2v) is 5.33. The van der Waals surface area contributed by atoms with Gasteiger partial charge in [0, 0.05) is 17.6 Å². The van der Waals surface area contributed by atoms with Crippen LogP contribution in [0.5, 0.6) is 0 Å². The van der Waals surface area contributed by atoms with E-state index in [1.165, 1.54) is 0 Å². The van der Waals surface area contributed by atoms with E-state index in [1.807, 2.05) is 11.6 Å². The summed E-state index contributed by atoms with van der Waals surface area (Å²) < 4.78 is 0. The molecule has 0 aromatic carbocycles. The van der Waals surface area contributed by atoms with Gasteiger partial charge < -0.3 is 10.4 Å². The van der Waals surface area contributed by atoms with Crippen LogP contribution < -0.4 is 5.32 Å². The molecule has 0 radical (unpaired) electrons. The molecule has 0 fully saturated rings. The van der Waals surface area contributed by atoms with Crippen LogP contribution in [-0.4, -0.2) is 34.7 Å². The van der Waals surface area contributed by atoms with Gasteiger partial charge in [-0.05, 0) is 25.4 Å². The molecule has 1 aromatic heterocycles. The average molecular weight is 246 g/mol. The molecule has 0 aliphatic heterocycles. The predicted octanol–water partition coefficient (Wildman–Crippen LogP) is 1.91. The van der Waals surface area contributed by atoms with E-state index in [9.17, 15) is 5.11 Å². The zero-order chi connectivity index (χ0) is 11.1. The van der Waals surface area contributed by atoms with Crippen molar-refractivity contribution in [2.75, 3.05) is 18.6 Å². The SMILES string of the molecule is CSCCC(CO)NC(C)c1nccs1. The van der Waals surface area contributed by atoms with Gasteiger partial charge in [-0.3, -0.25) is 0 Å². The first kappa shape index (κ1) is 13.0. The van der Waals surface area contributed by atoms with Gasteiger partial charge in [-0.2, -0.15) is 11.8 Å². The molecule has 15 heavy (non-hydrogen) atoms. The van der Waals surface area contributed by atoms with Crippen molar-refractivity contribution in [1.82, 2.24) is 10.3 Å². The Morgan fingerprint density at radius 2 is 2.47 bits per heavy atom. The molecule has 0 saturated carbocycles. The standard InChI is InChI=1S/C10H18N2OS2/c1-8(10-11-4-6-15-10)12-9(7-13)3-5-14-2/h4,6,8-9,12-13H,3,5,7H2,1-2H3. The number of nitrogens with zero attached hydrogens (tertiary/aromatic N) is 1. The number of thioether (sulfide) groups is 1. The van der Waals surface area contributed by atoms with Crippen molar-refractivity contribution in [3.63, 3.8) is 0 Å². The van der Waals surface area contributed by atoms with Crippen LogP contribution in [0.2, 0.25) is 0 Å². The van der Waals surface area contributed by atoms with Gasteiger partial charge in [-0.1, -0.05) is 0 Å². The minimum atomic E-state index is 0.177. The summed E-state index contributed by atoms with van der Waals surface area (Å²) in [4.78, 5) is 4.25. The molecular formula is C10H18N2OS2. The van der Waals surface area contributed by atoms with Crippen LogP contribution in [0.25, 0.3) is 0 Å². The first-order valence-corrected chi connectivity index (χ1v) is 7.30. The number of hydrogen-bond donors (Lipinski definition) is 2. The Morgan fingerprint density at radius 1 is 1.67 bits per heavy atom. The van der Waals surface area contributed by atoms with Crippen molar-refractivity contribution >= 4 is 23.1 Å². The zero-order valence-electron chi connectivity index (χ0n) is 9.14. The number of aliphatic hydroxyl groups excluding tert-OH is 1. The molecule has 3 nitrogen and oxygen atoms in total. The smallest absolute Gasteiger partial charge is 0.109 e. The molecule has 2 atom stereocenters. The third-order valence-electron chi connectivity index (χ3n) is 2.20. The lowest BCUT2D eigenvalue weighted by molar-refractivity contribution is 0.231.